The molecule has 5 nitrogen and oxygen atoms in total. The molecule has 0 bridgehead atoms. The molecule has 2 aromatic rings. The molecule has 1 unspecified atom stereocenters. The summed E-state index contributed by atoms with van der Waals surface area (Å²) < 4.78 is 0. The number of thiocarbonyl (C=S) groups is 1. The van der Waals surface area contributed by atoms with Gasteiger partial charge >= 0.3 is 0 Å². The standard InChI is InChI=1S/C21H27N3O2S2/c1-11(2)10-15-6-8-16(9-7-15)13(4)19(26)23-21(27)24-20-17(18(22)25)12(3)14(5)28-20/h6-9,11,13H,10H2,1-5H3,(H2,22,25)(H2,23,24,26,27). The normalized spacial score (nSPS) is 11.9. The van der Waals surface area contributed by atoms with Crippen LogP contribution in [0.2, 0.25) is 0 Å². The third-order valence-corrected chi connectivity index (χ3v) is 5.94. The molecule has 0 fully saturated rings. The molecule has 1 atom stereocenters. The molecule has 28 heavy (non-hydrogen) atoms. The van der Waals surface area contributed by atoms with E-state index in [0.29, 0.717) is 16.5 Å². The van der Waals surface area contributed by atoms with Crippen LogP contribution >= 0.6 is 23.6 Å². The maximum absolute atomic E-state index is 12.6. The predicted molar refractivity (Wildman–Crippen MR) is 120 cm³/mol. The first-order chi connectivity index (χ1) is 13.1. The number of rotatable bonds is 6. The van der Waals surface area contributed by atoms with Crippen molar-refractivity contribution >= 4 is 45.5 Å². The van der Waals surface area contributed by atoms with E-state index in [4.69, 9.17) is 18.0 Å². The van der Waals surface area contributed by atoms with Gasteiger partial charge in [0.15, 0.2) is 5.11 Å². The van der Waals surface area contributed by atoms with Crippen molar-refractivity contribution < 1.29 is 9.59 Å². The summed E-state index contributed by atoms with van der Waals surface area (Å²) in [5.74, 6) is -0.492. The maximum Gasteiger partial charge on any atom is 0.251 e. The quantitative estimate of drug-likeness (QED) is 0.613. The molecule has 1 aromatic carbocycles. The Kier molecular flexibility index (Phi) is 7.32. The van der Waals surface area contributed by atoms with Crippen molar-refractivity contribution in [3.63, 3.8) is 0 Å². The van der Waals surface area contributed by atoms with Gasteiger partial charge in [0.25, 0.3) is 5.91 Å². The number of nitrogens with two attached hydrogens (primary N) is 1. The number of carbonyl (C=O) groups is 2. The second-order valence-electron chi connectivity index (χ2n) is 7.36. The molecule has 2 amide bonds. The monoisotopic (exact) mass is 417 g/mol. The summed E-state index contributed by atoms with van der Waals surface area (Å²) in [4.78, 5) is 25.2. The molecule has 7 heteroatoms. The molecular formula is C21H27N3O2S2. The molecule has 1 heterocycles. The van der Waals surface area contributed by atoms with Crippen LogP contribution in [0.25, 0.3) is 0 Å². The molecule has 0 aliphatic carbocycles. The number of amides is 2. The Morgan fingerprint density at radius 2 is 1.75 bits per heavy atom. The van der Waals surface area contributed by atoms with Crippen LogP contribution < -0.4 is 16.4 Å². The molecule has 1 aromatic heterocycles. The number of anilines is 1. The van der Waals surface area contributed by atoms with E-state index in [9.17, 15) is 9.59 Å². The van der Waals surface area contributed by atoms with E-state index in [2.05, 4.69) is 36.6 Å². The predicted octanol–water partition coefficient (Wildman–Crippen LogP) is 4.28. The van der Waals surface area contributed by atoms with E-state index in [1.165, 1.54) is 16.9 Å². The molecular weight excluding hydrogens is 390 g/mol. The highest BCUT2D eigenvalue weighted by atomic mass is 32.1. The number of hydrogen-bond donors (Lipinski definition) is 3. The third kappa shape index (κ3) is 5.39. The topological polar surface area (TPSA) is 84.2 Å². The fourth-order valence-electron chi connectivity index (χ4n) is 2.93. The van der Waals surface area contributed by atoms with Gasteiger partial charge in [-0.05, 0) is 62.0 Å². The van der Waals surface area contributed by atoms with Gasteiger partial charge in [0.2, 0.25) is 5.91 Å². The minimum absolute atomic E-state index is 0.150. The zero-order chi connectivity index (χ0) is 21.0. The van der Waals surface area contributed by atoms with Gasteiger partial charge in [-0.2, -0.15) is 0 Å². The lowest BCUT2D eigenvalue weighted by atomic mass is 9.96. The maximum atomic E-state index is 12.6. The molecule has 0 radical (unpaired) electrons. The lowest BCUT2D eigenvalue weighted by molar-refractivity contribution is -0.120. The zero-order valence-corrected chi connectivity index (χ0v) is 18.5. The van der Waals surface area contributed by atoms with E-state index in [-0.39, 0.29) is 16.9 Å². The zero-order valence-electron chi connectivity index (χ0n) is 16.9. The van der Waals surface area contributed by atoms with Gasteiger partial charge in [-0.25, -0.2) is 0 Å². The molecule has 0 aliphatic rings. The Morgan fingerprint density at radius 3 is 2.29 bits per heavy atom. The second-order valence-corrected chi connectivity index (χ2v) is 8.99. The van der Waals surface area contributed by atoms with Gasteiger partial charge in [0.05, 0.1) is 11.5 Å². The van der Waals surface area contributed by atoms with Crippen molar-refractivity contribution in [3.8, 4) is 0 Å². The van der Waals surface area contributed by atoms with Gasteiger partial charge in [0.1, 0.15) is 5.00 Å². The third-order valence-electron chi connectivity index (χ3n) is 4.61. The van der Waals surface area contributed by atoms with Crippen LogP contribution in [0.3, 0.4) is 0 Å². The van der Waals surface area contributed by atoms with Crippen LogP contribution in [-0.2, 0) is 11.2 Å². The van der Waals surface area contributed by atoms with Crippen LogP contribution in [0.1, 0.15) is 58.6 Å². The van der Waals surface area contributed by atoms with E-state index in [1.807, 2.05) is 32.9 Å². The number of nitrogens with one attached hydrogen (secondary N) is 2. The molecule has 0 aliphatic heterocycles. The number of thiophene rings is 1. The second kappa shape index (κ2) is 9.30. The Morgan fingerprint density at radius 1 is 1.14 bits per heavy atom. The first-order valence-electron chi connectivity index (χ1n) is 9.20. The fourth-order valence-corrected chi connectivity index (χ4v) is 4.27. The van der Waals surface area contributed by atoms with E-state index in [1.54, 1.807) is 0 Å². The van der Waals surface area contributed by atoms with Crippen molar-refractivity contribution in [1.29, 1.82) is 0 Å². The Hall–Kier alpha value is -2.25. The van der Waals surface area contributed by atoms with E-state index in [0.717, 1.165) is 22.4 Å². The summed E-state index contributed by atoms with van der Waals surface area (Å²) in [7, 11) is 0. The van der Waals surface area contributed by atoms with Crippen LogP contribution in [0.15, 0.2) is 24.3 Å². The number of aryl methyl sites for hydroxylation is 1. The van der Waals surface area contributed by atoms with Gasteiger partial charge in [-0.3, -0.25) is 9.59 Å². The lowest BCUT2D eigenvalue weighted by Gasteiger charge is -2.15. The summed E-state index contributed by atoms with van der Waals surface area (Å²) in [5, 5.41) is 6.35. The van der Waals surface area contributed by atoms with E-state index >= 15 is 0 Å². The number of primary amides is 1. The minimum Gasteiger partial charge on any atom is -0.365 e. The molecule has 0 saturated carbocycles. The van der Waals surface area contributed by atoms with Crippen LogP contribution in [-0.4, -0.2) is 16.9 Å². The Labute approximate surface area is 175 Å². The fraction of sp³-hybridized carbons (Fsp3) is 0.381. The highest BCUT2D eigenvalue weighted by molar-refractivity contribution is 7.80. The molecule has 2 rings (SSSR count). The average Bonchev–Trinajstić information content (AvgIpc) is 2.88. The largest absolute Gasteiger partial charge is 0.365 e. The van der Waals surface area contributed by atoms with E-state index < -0.39 is 5.91 Å². The lowest BCUT2D eigenvalue weighted by Crippen LogP contribution is -2.37. The average molecular weight is 418 g/mol. The van der Waals surface area contributed by atoms with Gasteiger partial charge in [0, 0.05) is 4.88 Å². The summed E-state index contributed by atoms with van der Waals surface area (Å²) in [6.07, 6.45) is 1.01. The highest BCUT2D eigenvalue weighted by Crippen LogP contribution is 2.32. The van der Waals surface area contributed by atoms with Crippen molar-refractivity contribution in [2.24, 2.45) is 11.7 Å². The van der Waals surface area contributed by atoms with Crippen molar-refractivity contribution in [2.75, 3.05) is 5.32 Å². The molecule has 150 valence electrons. The Balaban J connectivity index is 2.03. The first kappa shape index (κ1) is 22.0. The van der Waals surface area contributed by atoms with Gasteiger partial charge in [-0.1, -0.05) is 38.1 Å². The number of benzene rings is 1. The number of hydrogen-bond acceptors (Lipinski definition) is 4. The summed E-state index contributed by atoms with van der Waals surface area (Å²) in [6, 6.07) is 8.09. The smallest absolute Gasteiger partial charge is 0.251 e. The van der Waals surface area contributed by atoms with Crippen LogP contribution in [0.5, 0.6) is 0 Å². The first-order valence-corrected chi connectivity index (χ1v) is 10.4. The van der Waals surface area contributed by atoms with Gasteiger partial charge < -0.3 is 16.4 Å². The molecule has 0 saturated heterocycles. The minimum atomic E-state index is -0.520. The molecule has 4 N–H and O–H groups in total. The number of carbonyl (C=O) groups excluding carboxylic acids is 2. The van der Waals surface area contributed by atoms with Crippen LogP contribution in [0, 0.1) is 19.8 Å². The summed E-state index contributed by atoms with van der Waals surface area (Å²) in [6.45, 7) is 9.94. The van der Waals surface area contributed by atoms with Gasteiger partial charge in [-0.15, -0.1) is 11.3 Å². The van der Waals surface area contributed by atoms with Crippen molar-refractivity contribution in [1.82, 2.24) is 5.32 Å². The SMILES string of the molecule is Cc1sc(NC(=S)NC(=O)C(C)c2ccc(CC(C)C)cc2)c(C(N)=O)c1C. The summed E-state index contributed by atoms with van der Waals surface area (Å²) in [5.41, 5.74) is 8.88. The van der Waals surface area contributed by atoms with Crippen molar-refractivity contribution in [3.05, 3.63) is 51.4 Å². The van der Waals surface area contributed by atoms with Crippen LogP contribution in [0.4, 0.5) is 5.00 Å². The summed E-state index contributed by atoms with van der Waals surface area (Å²) >= 11 is 6.64. The highest BCUT2D eigenvalue weighted by Gasteiger charge is 2.20. The Bertz CT molecular complexity index is 886. The van der Waals surface area contributed by atoms with Crippen molar-refractivity contribution in [2.45, 2.75) is 47.0 Å². The molecule has 0 spiro atoms.